The van der Waals surface area contributed by atoms with Crippen molar-refractivity contribution in [1.82, 2.24) is 10.6 Å². The Balaban J connectivity index is 1.69. The number of amides is 2. The molecule has 1 aliphatic rings. The molecule has 0 spiro atoms. The SMILES string of the molecule is COC[C@H](NC(=O)C(CC(C)(C)C)NC(=O)OCC1c2ccccc2-c2ccccc21)C(=O)O. The van der Waals surface area contributed by atoms with Gasteiger partial charge in [0.1, 0.15) is 12.6 Å². The summed E-state index contributed by atoms with van der Waals surface area (Å²) in [5.74, 6) is -1.93. The molecule has 8 nitrogen and oxygen atoms in total. The van der Waals surface area contributed by atoms with E-state index in [1.165, 1.54) is 7.11 Å². The summed E-state index contributed by atoms with van der Waals surface area (Å²) in [7, 11) is 1.35. The topological polar surface area (TPSA) is 114 Å². The normalized spacial score (nSPS) is 14.5. The van der Waals surface area contributed by atoms with E-state index in [1.54, 1.807) is 0 Å². The van der Waals surface area contributed by atoms with Crippen LogP contribution in [0, 0.1) is 5.41 Å². The summed E-state index contributed by atoms with van der Waals surface area (Å²) in [6.07, 6.45) is -0.438. The van der Waals surface area contributed by atoms with E-state index in [-0.39, 0.29) is 24.5 Å². The summed E-state index contributed by atoms with van der Waals surface area (Å²) >= 11 is 0. The molecule has 8 heteroatoms. The zero-order valence-corrected chi connectivity index (χ0v) is 20.0. The van der Waals surface area contributed by atoms with Crippen LogP contribution in [0.1, 0.15) is 44.2 Å². The van der Waals surface area contributed by atoms with Crippen LogP contribution < -0.4 is 10.6 Å². The van der Waals surface area contributed by atoms with E-state index in [1.807, 2.05) is 57.2 Å². The Morgan fingerprint density at radius 3 is 2.00 bits per heavy atom. The Bertz CT molecular complexity index is 1000. The van der Waals surface area contributed by atoms with Gasteiger partial charge in [-0.2, -0.15) is 0 Å². The molecule has 3 rings (SSSR count). The maximum Gasteiger partial charge on any atom is 0.407 e. The number of aliphatic carboxylic acids is 1. The van der Waals surface area contributed by atoms with Gasteiger partial charge in [0.15, 0.2) is 6.04 Å². The molecule has 0 fully saturated rings. The first kappa shape index (κ1) is 25.2. The van der Waals surface area contributed by atoms with E-state index in [2.05, 4.69) is 22.8 Å². The largest absolute Gasteiger partial charge is 0.480 e. The molecule has 1 aliphatic carbocycles. The summed E-state index contributed by atoms with van der Waals surface area (Å²) in [6, 6.07) is 13.9. The summed E-state index contributed by atoms with van der Waals surface area (Å²) in [4.78, 5) is 36.9. The highest BCUT2D eigenvalue weighted by molar-refractivity contribution is 5.89. The second-order valence-corrected chi connectivity index (χ2v) is 9.64. The molecule has 3 N–H and O–H groups in total. The van der Waals surface area contributed by atoms with Gasteiger partial charge < -0.3 is 25.2 Å². The number of methoxy groups -OCH3 is 1. The Morgan fingerprint density at radius 1 is 0.941 bits per heavy atom. The van der Waals surface area contributed by atoms with Crippen LogP contribution in [-0.4, -0.2) is 55.5 Å². The van der Waals surface area contributed by atoms with Gasteiger partial charge in [-0.05, 0) is 34.1 Å². The van der Waals surface area contributed by atoms with Gasteiger partial charge in [-0.3, -0.25) is 4.79 Å². The van der Waals surface area contributed by atoms with Crippen molar-refractivity contribution in [3.8, 4) is 11.1 Å². The first-order valence-electron chi connectivity index (χ1n) is 11.2. The second kappa shape index (κ2) is 10.7. The summed E-state index contributed by atoms with van der Waals surface area (Å²) in [6.45, 7) is 5.71. The number of ether oxygens (including phenoxy) is 2. The monoisotopic (exact) mass is 468 g/mol. The Hall–Kier alpha value is -3.39. The van der Waals surface area contributed by atoms with Crippen molar-refractivity contribution in [3.63, 3.8) is 0 Å². The second-order valence-electron chi connectivity index (χ2n) is 9.64. The van der Waals surface area contributed by atoms with Crippen LogP contribution in [0.15, 0.2) is 48.5 Å². The van der Waals surface area contributed by atoms with Crippen molar-refractivity contribution in [2.24, 2.45) is 5.41 Å². The molecular weight excluding hydrogens is 436 g/mol. The molecular formula is C26H32N2O6. The zero-order valence-electron chi connectivity index (χ0n) is 20.0. The number of carboxylic acid groups (broad SMARTS) is 1. The third kappa shape index (κ3) is 6.14. The van der Waals surface area contributed by atoms with Crippen LogP contribution in [0.4, 0.5) is 4.79 Å². The molecule has 0 radical (unpaired) electrons. The molecule has 34 heavy (non-hydrogen) atoms. The van der Waals surface area contributed by atoms with E-state index in [9.17, 15) is 19.5 Å². The van der Waals surface area contributed by atoms with E-state index in [0.717, 1.165) is 22.3 Å². The molecule has 0 bridgehead atoms. The third-order valence-electron chi connectivity index (χ3n) is 5.72. The minimum Gasteiger partial charge on any atom is -0.480 e. The number of hydrogen-bond donors (Lipinski definition) is 3. The summed E-state index contributed by atoms with van der Waals surface area (Å²) < 4.78 is 10.4. The highest BCUT2D eigenvalue weighted by Gasteiger charge is 2.32. The fourth-order valence-electron chi connectivity index (χ4n) is 4.22. The van der Waals surface area contributed by atoms with Crippen molar-refractivity contribution in [2.45, 2.75) is 45.2 Å². The Kier molecular flexibility index (Phi) is 7.94. The molecule has 2 atom stereocenters. The van der Waals surface area contributed by atoms with Crippen molar-refractivity contribution >= 4 is 18.0 Å². The average molecular weight is 469 g/mol. The van der Waals surface area contributed by atoms with Crippen molar-refractivity contribution in [1.29, 1.82) is 0 Å². The van der Waals surface area contributed by atoms with Gasteiger partial charge in [0.05, 0.1) is 6.61 Å². The van der Waals surface area contributed by atoms with Crippen molar-refractivity contribution in [3.05, 3.63) is 59.7 Å². The Labute approximate surface area is 199 Å². The number of carbonyl (C=O) groups is 3. The number of hydrogen-bond acceptors (Lipinski definition) is 5. The molecule has 0 aliphatic heterocycles. The van der Waals surface area contributed by atoms with Gasteiger partial charge >= 0.3 is 12.1 Å². The number of carbonyl (C=O) groups excluding carboxylic acids is 2. The van der Waals surface area contributed by atoms with Crippen LogP contribution in [0.5, 0.6) is 0 Å². The van der Waals surface area contributed by atoms with Crippen LogP contribution >= 0.6 is 0 Å². The van der Waals surface area contributed by atoms with E-state index >= 15 is 0 Å². The minimum absolute atomic E-state index is 0.105. The fourth-order valence-corrected chi connectivity index (χ4v) is 4.22. The number of carboxylic acids is 1. The lowest BCUT2D eigenvalue weighted by Crippen LogP contribution is -2.54. The van der Waals surface area contributed by atoms with E-state index < -0.39 is 30.1 Å². The maximum absolute atomic E-state index is 12.8. The first-order valence-corrected chi connectivity index (χ1v) is 11.2. The number of benzene rings is 2. The number of fused-ring (bicyclic) bond motifs is 3. The first-order chi connectivity index (χ1) is 16.1. The van der Waals surface area contributed by atoms with E-state index in [0.29, 0.717) is 6.42 Å². The highest BCUT2D eigenvalue weighted by atomic mass is 16.5. The van der Waals surface area contributed by atoms with Gasteiger partial charge in [0.2, 0.25) is 5.91 Å². The molecule has 0 saturated heterocycles. The van der Waals surface area contributed by atoms with Crippen LogP contribution in [0.2, 0.25) is 0 Å². The molecule has 182 valence electrons. The predicted octanol–water partition coefficient (Wildman–Crippen LogP) is 3.55. The van der Waals surface area contributed by atoms with Crippen molar-refractivity contribution in [2.75, 3.05) is 20.3 Å². The van der Waals surface area contributed by atoms with Gasteiger partial charge in [0, 0.05) is 13.0 Å². The lowest BCUT2D eigenvalue weighted by atomic mass is 9.87. The quantitative estimate of drug-likeness (QED) is 0.519. The molecule has 2 aromatic carbocycles. The smallest absolute Gasteiger partial charge is 0.407 e. The van der Waals surface area contributed by atoms with E-state index in [4.69, 9.17) is 9.47 Å². The summed E-state index contributed by atoms with van der Waals surface area (Å²) in [5, 5.41) is 14.4. The van der Waals surface area contributed by atoms with Crippen LogP contribution in [0.25, 0.3) is 11.1 Å². The fraction of sp³-hybridized carbons (Fsp3) is 0.423. The Morgan fingerprint density at radius 2 is 1.50 bits per heavy atom. The standard InChI is InChI=1S/C26H32N2O6/c1-26(2,3)13-21(23(29)27-22(15-33-4)24(30)31)28-25(32)34-14-20-18-11-7-5-9-16(18)17-10-6-8-12-19(17)20/h5-12,20-22H,13-15H2,1-4H3,(H,27,29)(H,28,32)(H,30,31)/t21?,22-/m0/s1. The number of nitrogens with one attached hydrogen (secondary N) is 2. The lowest BCUT2D eigenvalue weighted by Gasteiger charge is -2.27. The minimum atomic E-state index is -1.22. The lowest BCUT2D eigenvalue weighted by molar-refractivity contribution is -0.143. The van der Waals surface area contributed by atoms with Gasteiger partial charge in [-0.1, -0.05) is 69.3 Å². The van der Waals surface area contributed by atoms with Crippen LogP contribution in [-0.2, 0) is 19.1 Å². The highest BCUT2D eigenvalue weighted by Crippen LogP contribution is 2.44. The van der Waals surface area contributed by atoms with Crippen molar-refractivity contribution < 1.29 is 29.0 Å². The molecule has 2 amide bonds. The third-order valence-corrected chi connectivity index (χ3v) is 5.72. The zero-order chi connectivity index (χ0) is 24.9. The predicted molar refractivity (Wildman–Crippen MR) is 128 cm³/mol. The maximum atomic E-state index is 12.8. The average Bonchev–Trinajstić information content (AvgIpc) is 3.09. The van der Waals surface area contributed by atoms with Gasteiger partial charge in [-0.15, -0.1) is 0 Å². The summed E-state index contributed by atoms with van der Waals surface area (Å²) in [5.41, 5.74) is 4.11. The number of rotatable bonds is 9. The number of alkyl carbamates (subject to hydrolysis) is 1. The molecule has 2 aromatic rings. The molecule has 0 aromatic heterocycles. The van der Waals surface area contributed by atoms with Crippen LogP contribution in [0.3, 0.4) is 0 Å². The molecule has 0 saturated carbocycles. The molecule has 1 unspecified atom stereocenters. The van der Waals surface area contributed by atoms with Gasteiger partial charge in [0.25, 0.3) is 0 Å². The van der Waals surface area contributed by atoms with Gasteiger partial charge in [-0.25, -0.2) is 9.59 Å². The molecule has 0 heterocycles.